The molecule has 2 aliphatic rings. The highest BCUT2D eigenvalue weighted by atomic mass is 19.1. The smallest absolute Gasteiger partial charge is 0.308 e. The first-order valence-corrected chi connectivity index (χ1v) is 11.1. The van der Waals surface area contributed by atoms with E-state index >= 15 is 0 Å². The number of carbonyl (C=O) groups is 1. The van der Waals surface area contributed by atoms with E-state index in [2.05, 4.69) is 6.92 Å². The topological polar surface area (TPSA) is 26.3 Å². The molecule has 0 radical (unpaired) electrons. The van der Waals surface area contributed by atoms with Gasteiger partial charge in [-0.1, -0.05) is 44.7 Å². The highest BCUT2D eigenvalue weighted by molar-refractivity contribution is 5.72. The van der Waals surface area contributed by atoms with Gasteiger partial charge in [0.25, 0.3) is 0 Å². The Morgan fingerprint density at radius 2 is 1.56 bits per heavy atom. The van der Waals surface area contributed by atoms with Gasteiger partial charge in [-0.25, -0.2) is 4.39 Å². The van der Waals surface area contributed by atoms with Gasteiger partial charge in [-0.05, 0) is 74.0 Å². The number of ether oxygens (including phenoxy) is 1. The number of carbonyl (C=O) groups excluding carboxylic acids is 1. The first kappa shape index (κ1) is 20.4. The van der Waals surface area contributed by atoms with Gasteiger partial charge in [-0.3, -0.25) is 4.79 Å². The Labute approximate surface area is 163 Å². The molecule has 0 saturated heterocycles. The molecule has 0 aliphatic heterocycles. The van der Waals surface area contributed by atoms with E-state index in [-0.39, 0.29) is 17.7 Å². The van der Waals surface area contributed by atoms with Crippen LogP contribution in [0.5, 0.6) is 0 Å². The van der Waals surface area contributed by atoms with Crippen LogP contribution in [-0.2, 0) is 16.0 Å². The standard InChI is InChI=1S/C24H35FO2/c1-2-3-18-4-8-20(9-5-18)21-10-12-22(13-11-21)24(26)27-17-16-19-6-14-23(25)15-7-19/h6-7,14-15,18,20-22H,2-5,8-13,16-17H2,1H3. The maximum atomic E-state index is 12.9. The highest BCUT2D eigenvalue weighted by Gasteiger charge is 2.33. The molecule has 0 bridgehead atoms. The Bertz CT molecular complexity index is 567. The van der Waals surface area contributed by atoms with Gasteiger partial charge in [0.05, 0.1) is 12.5 Å². The fourth-order valence-electron chi connectivity index (χ4n) is 5.22. The van der Waals surface area contributed by atoms with Crippen LogP contribution in [0.2, 0.25) is 0 Å². The largest absolute Gasteiger partial charge is 0.465 e. The van der Waals surface area contributed by atoms with Gasteiger partial charge in [0.2, 0.25) is 0 Å². The summed E-state index contributed by atoms with van der Waals surface area (Å²) in [5.41, 5.74) is 1.01. The first-order chi connectivity index (χ1) is 13.2. The van der Waals surface area contributed by atoms with Gasteiger partial charge in [0.15, 0.2) is 0 Å². The van der Waals surface area contributed by atoms with Crippen molar-refractivity contribution < 1.29 is 13.9 Å². The maximum Gasteiger partial charge on any atom is 0.308 e. The Hall–Kier alpha value is -1.38. The van der Waals surface area contributed by atoms with Gasteiger partial charge in [-0.15, -0.1) is 0 Å². The van der Waals surface area contributed by atoms with Crippen LogP contribution in [0.25, 0.3) is 0 Å². The minimum absolute atomic E-state index is 0.0257. The van der Waals surface area contributed by atoms with E-state index in [1.165, 1.54) is 63.5 Å². The first-order valence-electron chi connectivity index (χ1n) is 11.1. The van der Waals surface area contributed by atoms with Crippen LogP contribution in [0.1, 0.15) is 76.7 Å². The molecule has 3 rings (SSSR count). The third kappa shape index (κ3) is 6.05. The molecule has 0 atom stereocenters. The summed E-state index contributed by atoms with van der Waals surface area (Å²) in [6, 6.07) is 6.41. The summed E-state index contributed by atoms with van der Waals surface area (Å²) in [7, 11) is 0. The van der Waals surface area contributed by atoms with E-state index in [4.69, 9.17) is 4.74 Å². The van der Waals surface area contributed by atoms with Crippen molar-refractivity contribution in [1.29, 1.82) is 0 Å². The molecule has 2 fully saturated rings. The SMILES string of the molecule is CCCC1CCC(C2CCC(C(=O)OCCc3ccc(F)cc3)CC2)CC1. The molecular formula is C24H35FO2. The van der Waals surface area contributed by atoms with Crippen molar-refractivity contribution in [1.82, 2.24) is 0 Å². The number of benzene rings is 1. The Morgan fingerprint density at radius 1 is 0.963 bits per heavy atom. The summed E-state index contributed by atoms with van der Waals surface area (Å²) in [6.07, 6.45) is 13.4. The fourth-order valence-corrected chi connectivity index (χ4v) is 5.22. The van der Waals surface area contributed by atoms with E-state index in [0.29, 0.717) is 13.0 Å². The van der Waals surface area contributed by atoms with Crippen LogP contribution in [-0.4, -0.2) is 12.6 Å². The number of rotatable bonds is 7. The van der Waals surface area contributed by atoms with Crippen LogP contribution in [0.3, 0.4) is 0 Å². The number of hydrogen-bond donors (Lipinski definition) is 0. The van der Waals surface area contributed by atoms with Crippen LogP contribution in [0.4, 0.5) is 4.39 Å². The molecule has 0 aromatic heterocycles. The van der Waals surface area contributed by atoms with Crippen molar-refractivity contribution in [3.63, 3.8) is 0 Å². The number of hydrogen-bond acceptors (Lipinski definition) is 2. The lowest BCUT2D eigenvalue weighted by Gasteiger charge is -2.37. The minimum atomic E-state index is -0.230. The second kappa shape index (κ2) is 10.2. The van der Waals surface area contributed by atoms with Crippen molar-refractivity contribution in [2.24, 2.45) is 23.7 Å². The molecule has 150 valence electrons. The summed E-state index contributed by atoms with van der Waals surface area (Å²) in [4.78, 5) is 12.4. The van der Waals surface area contributed by atoms with E-state index in [1.54, 1.807) is 12.1 Å². The summed E-state index contributed by atoms with van der Waals surface area (Å²) in [6.45, 7) is 2.69. The average Bonchev–Trinajstić information content (AvgIpc) is 2.70. The molecule has 1 aromatic carbocycles. The predicted octanol–water partition coefficient (Wildman–Crippen LogP) is 6.32. The molecule has 1 aromatic rings. The van der Waals surface area contributed by atoms with Crippen molar-refractivity contribution in [2.45, 2.75) is 77.6 Å². The normalized spacial score (nSPS) is 28.7. The molecule has 3 heteroatoms. The average molecular weight is 375 g/mol. The van der Waals surface area contributed by atoms with Gasteiger partial charge < -0.3 is 4.74 Å². The Morgan fingerprint density at radius 3 is 2.15 bits per heavy atom. The third-order valence-electron chi connectivity index (χ3n) is 6.91. The Balaban J connectivity index is 1.34. The zero-order valence-electron chi connectivity index (χ0n) is 16.8. The second-order valence-electron chi connectivity index (χ2n) is 8.73. The van der Waals surface area contributed by atoms with Crippen LogP contribution < -0.4 is 0 Å². The van der Waals surface area contributed by atoms with E-state index < -0.39 is 0 Å². The molecule has 0 heterocycles. The molecule has 0 amide bonds. The lowest BCUT2D eigenvalue weighted by atomic mass is 9.69. The molecule has 27 heavy (non-hydrogen) atoms. The van der Waals surface area contributed by atoms with Gasteiger partial charge in [0, 0.05) is 6.42 Å². The summed E-state index contributed by atoms with van der Waals surface area (Å²) >= 11 is 0. The summed E-state index contributed by atoms with van der Waals surface area (Å²) in [5, 5.41) is 0. The fraction of sp³-hybridized carbons (Fsp3) is 0.708. The van der Waals surface area contributed by atoms with E-state index in [0.717, 1.165) is 36.2 Å². The zero-order valence-corrected chi connectivity index (χ0v) is 16.8. The molecular weight excluding hydrogens is 339 g/mol. The van der Waals surface area contributed by atoms with E-state index in [1.807, 2.05) is 0 Å². The predicted molar refractivity (Wildman–Crippen MR) is 107 cm³/mol. The zero-order chi connectivity index (χ0) is 19.1. The summed E-state index contributed by atoms with van der Waals surface area (Å²) in [5.74, 6) is 2.53. The van der Waals surface area contributed by atoms with Crippen LogP contribution in [0, 0.1) is 29.5 Å². The second-order valence-corrected chi connectivity index (χ2v) is 8.73. The maximum absolute atomic E-state index is 12.9. The lowest BCUT2D eigenvalue weighted by Crippen LogP contribution is -2.29. The molecule has 0 spiro atoms. The quantitative estimate of drug-likeness (QED) is 0.522. The van der Waals surface area contributed by atoms with Crippen LogP contribution >= 0.6 is 0 Å². The van der Waals surface area contributed by atoms with Crippen molar-refractivity contribution >= 4 is 5.97 Å². The van der Waals surface area contributed by atoms with Gasteiger partial charge in [0.1, 0.15) is 5.82 Å². The van der Waals surface area contributed by atoms with Crippen molar-refractivity contribution in [3.8, 4) is 0 Å². The monoisotopic (exact) mass is 374 g/mol. The van der Waals surface area contributed by atoms with E-state index in [9.17, 15) is 9.18 Å². The molecule has 2 saturated carbocycles. The van der Waals surface area contributed by atoms with Gasteiger partial charge in [-0.2, -0.15) is 0 Å². The summed E-state index contributed by atoms with van der Waals surface area (Å²) < 4.78 is 18.4. The molecule has 2 aliphatic carbocycles. The molecule has 0 unspecified atom stereocenters. The molecule has 2 nitrogen and oxygen atoms in total. The van der Waals surface area contributed by atoms with Gasteiger partial charge >= 0.3 is 5.97 Å². The minimum Gasteiger partial charge on any atom is -0.465 e. The number of halogens is 1. The number of esters is 1. The molecule has 0 N–H and O–H groups in total. The third-order valence-corrected chi connectivity index (χ3v) is 6.91. The lowest BCUT2D eigenvalue weighted by molar-refractivity contribution is -0.150. The van der Waals surface area contributed by atoms with Crippen LogP contribution in [0.15, 0.2) is 24.3 Å². The van der Waals surface area contributed by atoms with Crippen molar-refractivity contribution in [2.75, 3.05) is 6.61 Å². The van der Waals surface area contributed by atoms with Crippen molar-refractivity contribution in [3.05, 3.63) is 35.6 Å². The highest BCUT2D eigenvalue weighted by Crippen LogP contribution is 2.42. The Kier molecular flexibility index (Phi) is 7.72.